The van der Waals surface area contributed by atoms with Crippen molar-refractivity contribution in [2.45, 2.75) is 109 Å². The van der Waals surface area contributed by atoms with Crippen molar-refractivity contribution in [3.63, 3.8) is 0 Å². The van der Waals surface area contributed by atoms with Gasteiger partial charge in [-0.1, -0.05) is 90.4 Å². The minimum atomic E-state index is -1.45. The van der Waals surface area contributed by atoms with E-state index in [1.807, 2.05) is 0 Å². The zero-order valence-electron chi connectivity index (χ0n) is 16.3. The molecule has 0 saturated heterocycles. The quantitative estimate of drug-likeness (QED) is 0.127. The minimum absolute atomic E-state index is 0. The van der Waals surface area contributed by atoms with Gasteiger partial charge in [0.15, 0.2) is 11.2 Å². The van der Waals surface area contributed by atoms with Gasteiger partial charge in [0.05, 0.1) is 13.0 Å². The number of hydrogen-bond acceptors (Lipinski definition) is 4. The van der Waals surface area contributed by atoms with Crippen molar-refractivity contribution < 1.29 is 42.1 Å². The number of ether oxygens (including phenoxy) is 1. The van der Waals surface area contributed by atoms with E-state index in [9.17, 15) is 4.79 Å². The van der Waals surface area contributed by atoms with Crippen LogP contribution in [0.2, 0.25) is 0 Å². The van der Waals surface area contributed by atoms with Crippen molar-refractivity contribution in [2.75, 3.05) is 6.61 Å². The van der Waals surface area contributed by atoms with E-state index < -0.39 is 12.1 Å². The van der Waals surface area contributed by atoms with Gasteiger partial charge in [-0.25, -0.2) is 4.79 Å². The number of thiocarbonyl (C=S) groups is 1. The number of carbonyl (C=O) groups is 1. The molecule has 0 aromatic rings. The van der Waals surface area contributed by atoms with E-state index in [0.717, 1.165) is 12.8 Å². The third kappa shape index (κ3) is 20.4. The number of carboxylic acids is 1. The first kappa shape index (κ1) is 28.3. The van der Waals surface area contributed by atoms with Crippen molar-refractivity contribution in [1.82, 2.24) is 0 Å². The molecule has 26 heavy (non-hydrogen) atoms. The zero-order valence-corrected chi connectivity index (χ0v) is 19.3. The van der Waals surface area contributed by atoms with E-state index in [2.05, 4.69) is 6.92 Å². The maximum Gasteiger partial charge on any atom is 0.333 e. The van der Waals surface area contributed by atoms with Crippen molar-refractivity contribution in [3.05, 3.63) is 0 Å². The normalized spacial score (nSPS) is 11.6. The number of aliphatic carboxylic acids is 1. The molecule has 4 nitrogen and oxygen atoms in total. The summed E-state index contributed by atoms with van der Waals surface area (Å²) in [5.41, 5.74) is 0. The van der Waals surface area contributed by atoms with Crippen molar-refractivity contribution in [2.24, 2.45) is 0 Å². The fourth-order valence-electron chi connectivity index (χ4n) is 2.79. The first-order valence-corrected chi connectivity index (χ1v) is 10.5. The van der Waals surface area contributed by atoms with Gasteiger partial charge in [0.1, 0.15) is 0 Å². The number of aliphatic hydroxyl groups excluding tert-OH is 1. The van der Waals surface area contributed by atoms with E-state index in [0.29, 0.717) is 6.61 Å². The van der Waals surface area contributed by atoms with Gasteiger partial charge >= 0.3 is 5.97 Å². The van der Waals surface area contributed by atoms with Crippen LogP contribution < -0.4 is 0 Å². The monoisotopic (exact) mass is 571 g/mol. The van der Waals surface area contributed by atoms with Crippen LogP contribution in [0, 0.1) is 0 Å². The van der Waals surface area contributed by atoms with Crippen LogP contribution in [0.15, 0.2) is 0 Å². The second kappa shape index (κ2) is 21.4. The zero-order chi connectivity index (χ0) is 18.8. The van der Waals surface area contributed by atoms with Crippen LogP contribution in [0.4, 0.5) is 0 Å². The molecule has 0 rings (SSSR count). The summed E-state index contributed by atoms with van der Waals surface area (Å²) in [6, 6.07) is 0. The Morgan fingerprint density at radius 1 is 0.846 bits per heavy atom. The first-order chi connectivity index (χ1) is 12.1. The Balaban J connectivity index is 0. The molecule has 6 heteroatoms. The van der Waals surface area contributed by atoms with E-state index in [-0.39, 0.29) is 33.9 Å². The molecule has 0 aliphatic carbocycles. The van der Waals surface area contributed by atoms with Gasteiger partial charge in [-0.05, 0) is 18.6 Å². The molecule has 0 aliphatic heterocycles. The Kier molecular flexibility index (Phi) is 23.2. The molecular formula is C20H38AuO4S. The van der Waals surface area contributed by atoms with Gasteiger partial charge in [0.25, 0.3) is 0 Å². The Hall–Kier alpha value is 0.0603. The molecule has 1 radical (unpaired) electrons. The summed E-state index contributed by atoms with van der Waals surface area (Å²) in [4.78, 5) is 10.5. The van der Waals surface area contributed by atoms with Crippen LogP contribution in [-0.4, -0.2) is 33.9 Å². The van der Waals surface area contributed by atoms with Crippen molar-refractivity contribution in [3.8, 4) is 0 Å². The molecule has 0 aromatic heterocycles. The van der Waals surface area contributed by atoms with Crippen LogP contribution in [-0.2, 0) is 31.9 Å². The molecule has 0 saturated carbocycles. The van der Waals surface area contributed by atoms with Crippen molar-refractivity contribution in [1.29, 1.82) is 0 Å². The summed E-state index contributed by atoms with van der Waals surface area (Å²) in [6.45, 7) is 2.78. The average Bonchev–Trinajstić information content (AvgIpc) is 2.58. The Labute approximate surface area is 181 Å². The second-order valence-corrected chi connectivity index (χ2v) is 7.33. The van der Waals surface area contributed by atoms with Gasteiger partial charge in [0, 0.05) is 22.4 Å². The molecule has 1 atom stereocenters. The molecule has 0 amide bonds. The molecule has 0 bridgehead atoms. The maximum absolute atomic E-state index is 10.5. The topological polar surface area (TPSA) is 66.8 Å². The number of rotatable bonds is 18. The van der Waals surface area contributed by atoms with E-state index >= 15 is 0 Å². The largest absolute Gasteiger partial charge is 0.487 e. The smallest absolute Gasteiger partial charge is 0.333 e. The number of aliphatic hydroxyl groups is 1. The van der Waals surface area contributed by atoms with Crippen LogP contribution >= 0.6 is 12.2 Å². The van der Waals surface area contributed by atoms with E-state index in [1.165, 1.54) is 77.0 Å². The Morgan fingerprint density at radius 3 is 1.62 bits per heavy atom. The predicted octanol–water partition coefficient (Wildman–Crippen LogP) is 5.64. The summed E-state index contributed by atoms with van der Waals surface area (Å²) in [5, 5.41) is 17.9. The minimum Gasteiger partial charge on any atom is -0.487 e. The molecule has 0 fully saturated rings. The molecule has 0 spiro atoms. The predicted molar refractivity (Wildman–Crippen MR) is 107 cm³/mol. The van der Waals surface area contributed by atoms with Crippen LogP contribution in [0.3, 0.4) is 0 Å². The summed E-state index contributed by atoms with van der Waals surface area (Å²) in [7, 11) is 0. The number of unbranched alkanes of at least 4 members (excludes halogenated alkanes) is 13. The van der Waals surface area contributed by atoms with Gasteiger partial charge in [-0.3, -0.25) is 0 Å². The van der Waals surface area contributed by atoms with E-state index in [4.69, 9.17) is 27.2 Å². The Morgan fingerprint density at radius 2 is 1.23 bits per heavy atom. The SMILES string of the molecule is CCCCCCCCCCCCCCCCOC(=S)CC(O)C(=O)O.[Au]. The van der Waals surface area contributed by atoms with Crippen LogP contribution in [0.1, 0.15) is 103 Å². The number of carboxylic acid groups (broad SMARTS) is 1. The Bertz CT molecular complexity index is 340. The van der Waals surface area contributed by atoms with E-state index in [1.54, 1.807) is 0 Å². The average molecular weight is 572 g/mol. The second-order valence-electron chi connectivity index (χ2n) is 6.87. The fourth-order valence-corrected chi connectivity index (χ4v) is 3.03. The first-order valence-electron chi connectivity index (χ1n) is 10.1. The summed E-state index contributed by atoms with van der Waals surface area (Å²) in [5.74, 6) is -1.26. The third-order valence-corrected chi connectivity index (χ3v) is 4.69. The maximum atomic E-state index is 10.5. The fraction of sp³-hybridized carbons (Fsp3) is 0.900. The molecule has 2 N–H and O–H groups in total. The molecule has 0 aliphatic rings. The molecule has 159 valence electrons. The summed E-state index contributed by atoms with van der Waals surface area (Å²) < 4.78 is 5.28. The third-order valence-electron chi connectivity index (χ3n) is 4.41. The van der Waals surface area contributed by atoms with Gasteiger partial charge < -0.3 is 14.9 Å². The number of hydrogen-bond donors (Lipinski definition) is 2. The summed E-state index contributed by atoms with van der Waals surface area (Å²) >= 11 is 4.90. The van der Waals surface area contributed by atoms with Crippen molar-refractivity contribution >= 4 is 23.2 Å². The van der Waals surface area contributed by atoms with Crippen LogP contribution in [0.5, 0.6) is 0 Å². The molecular weight excluding hydrogens is 533 g/mol. The molecule has 0 aromatic carbocycles. The van der Waals surface area contributed by atoms with Gasteiger partial charge in [-0.2, -0.15) is 0 Å². The molecule has 0 heterocycles. The van der Waals surface area contributed by atoms with Gasteiger partial charge in [-0.15, -0.1) is 0 Å². The van der Waals surface area contributed by atoms with Gasteiger partial charge in [0.2, 0.25) is 0 Å². The summed E-state index contributed by atoms with van der Waals surface area (Å²) in [6.07, 6.45) is 16.7. The molecule has 1 unspecified atom stereocenters. The van der Waals surface area contributed by atoms with Crippen LogP contribution in [0.25, 0.3) is 0 Å². The standard InChI is InChI=1S/C20H38O4S.Au/c1-2-3-4-5-6-7-8-9-10-11-12-13-14-15-16-24-19(25)17-18(21)20(22)23;/h18,21H,2-17H2,1H3,(H,22,23);.